The van der Waals surface area contributed by atoms with Crippen molar-refractivity contribution < 1.29 is 19.0 Å². The molecule has 0 aliphatic heterocycles. The normalized spacial score (nSPS) is 10.6. The molecule has 7 heteroatoms. The molecule has 4 rings (SSSR count). The summed E-state index contributed by atoms with van der Waals surface area (Å²) in [5, 5.41) is 8.04. The van der Waals surface area contributed by atoms with Crippen LogP contribution in [0.3, 0.4) is 0 Å². The van der Waals surface area contributed by atoms with E-state index in [-0.39, 0.29) is 5.91 Å². The van der Waals surface area contributed by atoms with Gasteiger partial charge in [0, 0.05) is 18.1 Å². The Balaban J connectivity index is 1.49. The summed E-state index contributed by atoms with van der Waals surface area (Å²) in [6.07, 6.45) is 2.27. The maximum atomic E-state index is 13.1. The van der Waals surface area contributed by atoms with E-state index < -0.39 is 0 Å². The van der Waals surface area contributed by atoms with Crippen molar-refractivity contribution >= 4 is 28.2 Å². The highest BCUT2D eigenvalue weighted by Crippen LogP contribution is 2.31. The molecule has 3 aromatic carbocycles. The van der Waals surface area contributed by atoms with E-state index in [4.69, 9.17) is 14.2 Å². The number of fused-ring (bicyclic) bond motifs is 1. The van der Waals surface area contributed by atoms with Gasteiger partial charge in [0.2, 0.25) is 0 Å². The zero-order valence-corrected chi connectivity index (χ0v) is 20.8. The highest BCUT2D eigenvalue weighted by Gasteiger charge is 2.15. The molecule has 0 aliphatic carbocycles. The third kappa shape index (κ3) is 5.68. The minimum atomic E-state index is -0.168. The van der Waals surface area contributed by atoms with Crippen molar-refractivity contribution in [1.29, 1.82) is 0 Å². The van der Waals surface area contributed by atoms with E-state index in [0.717, 1.165) is 33.5 Å². The maximum absolute atomic E-state index is 13.1. The molecule has 1 heterocycles. The van der Waals surface area contributed by atoms with Crippen LogP contribution in [0.4, 0.5) is 11.5 Å². The quantitative estimate of drug-likeness (QED) is 0.281. The molecule has 0 unspecified atom stereocenters. The van der Waals surface area contributed by atoms with Gasteiger partial charge in [0.1, 0.15) is 11.6 Å². The molecule has 0 radical (unpaired) electrons. The van der Waals surface area contributed by atoms with Crippen LogP contribution >= 0.6 is 0 Å². The lowest BCUT2D eigenvalue weighted by molar-refractivity contribution is 0.0955. The summed E-state index contributed by atoms with van der Waals surface area (Å²) in [4.78, 5) is 17.7. The minimum absolute atomic E-state index is 0.168. The molecule has 2 N–H and O–H groups in total. The van der Waals surface area contributed by atoms with Crippen molar-refractivity contribution in [3.05, 3.63) is 84.1 Å². The first-order valence-corrected chi connectivity index (χ1v) is 12.1. The van der Waals surface area contributed by atoms with Crippen LogP contribution in [-0.2, 0) is 6.42 Å². The van der Waals surface area contributed by atoms with Gasteiger partial charge in [0.25, 0.3) is 5.91 Å². The second kappa shape index (κ2) is 11.9. The van der Waals surface area contributed by atoms with Crippen molar-refractivity contribution in [2.75, 3.05) is 32.2 Å². The van der Waals surface area contributed by atoms with E-state index in [1.165, 1.54) is 0 Å². The van der Waals surface area contributed by atoms with Gasteiger partial charge in [-0.3, -0.25) is 4.79 Å². The Kier molecular flexibility index (Phi) is 8.24. The van der Waals surface area contributed by atoms with Gasteiger partial charge in [0.15, 0.2) is 11.5 Å². The lowest BCUT2D eigenvalue weighted by Gasteiger charge is -2.14. The Hall–Kier alpha value is -4.26. The van der Waals surface area contributed by atoms with Gasteiger partial charge < -0.3 is 24.8 Å². The third-order valence-electron chi connectivity index (χ3n) is 5.71. The van der Waals surface area contributed by atoms with Crippen molar-refractivity contribution in [2.24, 2.45) is 0 Å². The van der Waals surface area contributed by atoms with Crippen molar-refractivity contribution in [2.45, 2.75) is 20.3 Å². The number of nitrogens with one attached hydrogen (secondary N) is 2. The smallest absolute Gasteiger partial charge is 0.253 e. The molecule has 1 amide bonds. The Morgan fingerprint density at radius 1 is 0.861 bits per heavy atom. The second-order valence-electron chi connectivity index (χ2n) is 8.04. The van der Waals surface area contributed by atoms with E-state index >= 15 is 0 Å². The predicted octanol–water partition coefficient (Wildman–Crippen LogP) is 5.76. The maximum Gasteiger partial charge on any atom is 0.253 e. The average Bonchev–Trinajstić information content (AvgIpc) is 2.90. The van der Waals surface area contributed by atoms with E-state index in [0.29, 0.717) is 43.3 Å². The number of rotatable bonds is 11. The summed E-state index contributed by atoms with van der Waals surface area (Å²) in [6, 6.07) is 21.3. The number of hydrogen-bond acceptors (Lipinski definition) is 6. The van der Waals surface area contributed by atoms with Crippen LogP contribution in [0.25, 0.3) is 10.8 Å². The predicted molar refractivity (Wildman–Crippen MR) is 143 cm³/mol. The summed E-state index contributed by atoms with van der Waals surface area (Å²) in [5.74, 6) is 2.65. The van der Waals surface area contributed by atoms with Crippen LogP contribution in [0.2, 0.25) is 0 Å². The fraction of sp³-hybridized carbons (Fsp3) is 0.241. The molecule has 7 nitrogen and oxygen atoms in total. The number of carbonyl (C=O) groups excluding carboxylic acids is 1. The molecule has 4 aromatic rings. The SMILES string of the molecule is CCOc1ccc(CCNC(=O)c2cnc(Nc3ccccc3OC)c3ccccc23)cc1OCC. The standard InChI is InChI=1S/C29H31N3O4/c1-4-35-26-15-14-20(18-27(26)36-5-2)16-17-30-29(33)23-19-31-28(22-11-7-6-10-21(22)23)32-24-12-8-9-13-25(24)34-3/h6-15,18-19H,4-5,16-17H2,1-3H3,(H,30,33)(H,31,32). The molecule has 0 saturated carbocycles. The van der Waals surface area contributed by atoms with Gasteiger partial charge in [-0.05, 0) is 55.5 Å². The zero-order valence-electron chi connectivity index (χ0n) is 20.8. The number of pyridine rings is 1. The number of nitrogens with zero attached hydrogens (tertiary/aromatic N) is 1. The first-order valence-electron chi connectivity index (χ1n) is 12.1. The number of ether oxygens (including phenoxy) is 3. The fourth-order valence-corrected chi connectivity index (χ4v) is 4.02. The van der Waals surface area contributed by atoms with Crippen molar-refractivity contribution in [1.82, 2.24) is 10.3 Å². The summed E-state index contributed by atoms with van der Waals surface area (Å²) in [7, 11) is 1.63. The van der Waals surface area contributed by atoms with Gasteiger partial charge in [-0.25, -0.2) is 4.98 Å². The van der Waals surface area contributed by atoms with Crippen LogP contribution in [0.5, 0.6) is 17.2 Å². The van der Waals surface area contributed by atoms with E-state index in [9.17, 15) is 4.79 Å². The largest absolute Gasteiger partial charge is 0.495 e. The number of amides is 1. The van der Waals surface area contributed by atoms with Crippen LogP contribution in [-0.4, -0.2) is 37.8 Å². The van der Waals surface area contributed by atoms with E-state index in [1.54, 1.807) is 13.3 Å². The monoisotopic (exact) mass is 485 g/mol. The molecule has 0 saturated heterocycles. The lowest BCUT2D eigenvalue weighted by Crippen LogP contribution is -2.26. The number of hydrogen-bond donors (Lipinski definition) is 2. The Labute approximate surface area is 211 Å². The molecule has 0 atom stereocenters. The Morgan fingerprint density at radius 3 is 2.36 bits per heavy atom. The first kappa shape index (κ1) is 24.9. The lowest BCUT2D eigenvalue weighted by atomic mass is 10.1. The van der Waals surface area contributed by atoms with Gasteiger partial charge in [-0.15, -0.1) is 0 Å². The topological polar surface area (TPSA) is 81.7 Å². The molecule has 0 spiro atoms. The van der Waals surface area contributed by atoms with Crippen LogP contribution < -0.4 is 24.8 Å². The highest BCUT2D eigenvalue weighted by molar-refractivity contribution is 6.09. The van der Waals surface area contributed by atoms with Gasteiger partial charge in [0.05, 0.1) is 31.6 Å². The van der Waals surface area contributed by atoms with Crippen molar-refractivity contribution in [3.63, 3.8) is 0 Å². The molecule has 186 valence electrons. The number of methoxy groups -OCH3 is 1. The van der Waals surface area contributed by atoms with Gasteiger partial charge in [-0.1, -0.05) is 42.5 Å². The Morgan fingerprint density at radius 2 is 1.58 bits per heavy atom. The van der Waals surface area contributed by atoms with Gasteiger partial charge in [-0.2, -0.15) is 0 Å². The van der Waals surface area contributed by atoms with Gasteiger partial charge >= 0.3 is 0 Å². The number of aromatic nitrogens is 1. The summed E-state index contributed by atoms with van der Waals surface area (Å²) < 4.78 is 16.8. The van der Waals surface area contributed by atoms with E-state index in [1.807, 2.05) is 80.6 Å². The fourth-order valence-electron chi connectivity index (χ4n) is 4.02. The van der Waals surface area contributed by atoms with Crippen LogP contribution in [0.15, 0.2) is 72.9 Å². The Bertz CT molecular complexity index is 1340. The molecule has 0 aliphatic rings. The number of anilines is 2. The number of benzene rings is 3. The van der Waals surface area contributed by atoms with Crippen LogP contribution in [0.1, 0.15) is 29.8 Å². The molecular weight excluding hydrogens is 454 g/mol. The average molecular weight is 486 g/mol. The highest BCUT2D eigenvalue weighted by atomic mass is 16.5. The molecule has 0 bridgehead atoms. The summed E-state index contributed by atoms with van der Waals surface area (Å²) >= 11 is 0. The number of carbonyl (C=O) groups is 1. The van der Waals surface area contributed by atoms with Crippen molar-refractivity contribution in [3.8, 4) is 17.2 Å². The minimum Gasteiger partial charge on any atom is -0.495 e. The van der Waals surface area contributed by atoms with E-state index in [2.05, 4.69) is 15.6 Å². The first-order chi connectivity index (χ1) is 17.6. The molecule has 0 fully saturated rings. The second-order valence-corrected chi connectivity index (χ2v) is 8.04. The molecule has 36 heavy (non-hydrogen) atoms. The van der Waals surface area contributed by atoms with Crippen LogP contribution in [0, 0.1) is 0 Å². The third-order valence-corrected chi connectivity index (χ3v) is 5.71. The molecule has 1 aromatic heterocycles. The number of para-hydroxylation sites is 2. The summed E-state index contributed by atoms with van der Waals surface area (Å²) in [5.41, 5.74) is 2.39. The zero-order chi connectivity index (χ0) is 25.3. The summed E-state index contributed by atoms with van der Waals surface area (Å²) in [6.45, 7) is 5.50. The molecular formula is C29H31N3O4.